The molecule has 2 heterocycles. The lowest BCUT2D eigenvalue weighted by molar-refractivity contribution is -0.119. The van der Waals surface area contributed by atoms with Crippen molar-refractivity contribution in [2.24, 2.45) is 5.92 Å². The standard InChI is InChI=1S/C15H16N4O5S2/c1-10-8-12(19-14(20)11(2)9-25(19,21)22)4-5-13(10)26(23,24)18-15-16-6-3-7-17-15/h3-8,11H,9H2,1-2H3,(H,16,17,18)/t11-/m1/s1. The second-order valence-corrected chi connectivity index (χ2v) is 9.42. The summed E-state index contributed by atoms with van der Waals surface area (Å²) in [6.07, 6.45) is 2.79. The Morgan fingerprint density at radius 1 is 1.23 bits per heavy atom. The average Bonchev–Trinajstić information content (AvgIpc) is 2.75. The van der Waals surface area contributed by atoms with E-state index in [1.54, 1.807) is 6.07 Å². The zero-order valence-electron chi connectivity index (χ0n) is 13.9. The van der Waals surface area contributed by atoms with Gasteiger partial charge in [0.1, 0.15) is 0 Å². The highest BCUT2D eigenvalue weighted by Crippen LogP contribution is 2.30. The van der Waals surface area contributed by atoms with Crippen molar-refractivity contribution in [3.05, 3.63) is 42.2 Å². The van der Waals surface area contributed by atoms with Crippen LogP contribution in [0.1, 0.15) is 12.5 Å². The van der Waals surface area contributed by atoms with Crippen molar-refractivity contribution in [2.75, 3.05) is 14.8 Å². The number of aryl methyl sites for hydroxylation is 1. The number of anilines is 2. The van der Waals surface area contributed by atoms with E-state index in [1.807, 2.05) is 0 Å². The Labute approximate surface area is 151 Å². The molecule has 0 unspecified atom stereocenters. The first-order chi connectivity index (χ1) is 12.1. The summed E-state index contributed by atoms with van der Waals surface area (Å²) in [5, 5.41) is 0. The van der Waals surface area contributed by atoms with E-state index in [0.717, 1.165) is 4.31 Å². The SMILES string of the molecule is Cc1cc(N2C(=O)[C@H](C)CS2(=O)=O)ccc1S(=O)(=O)Nc1ncccn1. The minimum atomic E-state index is -3.97. The van der Waals surface area contributed by atoms with Crippen LogP contribution in [0, 0.1) is 12.8 Å². The predicted octanol–water partition coefficient (Wildman–Crippen LogP) is 0.898. The molecule has 2 aromatic rings. The molecule has 1 amide bonds. The highest BCUT2D eigenvalue weighted by molar-refractivity contribution is 7.94. The molecule has 1 aliphatic heterocycles. The topological polar surface area (TPSA) is 126 Å². The molecule has 26 heavy (non-hydrogen) atoms. The molecule has 1 atom stereocenters. The molecule has 1 aliphatic rings. The van der Waals surface area contributed by atoms with Crippen LogP contribution in [0.5, 0.6) is 0 Å². The van der Waals surface area contributed by atoms with Crippen LogP contribution in [-0.4, -0.2) is 38.5 Å². The van der Waals surface area contributed by atoms with E-state index in [9.17, 15) is 21.6 Å². The van der Waals surface area contributed by atoms with Gasteiger partial charge in [0, 0.05) is 12.4 Å². The van der Waals surface area contributed by atoms with Gasteiger partial charge in [0.25, 0.3) is 10.0 Å². The number of rotatable bonds is 4. The van der Waals surface area contributed by atoms with Crippen molar-refractivity contribution in [2.45, 2.75) is 18.7 Å². The van der Waals surface area contributed by atoms with Gasteiger partial charge in [-0.25, -0.2) is 35.8 Å². The zero-order chi connectivity index (χ0) is 19.1. The summed E-state index contributed by atoms with van der Waals surface area (Å²) < 4.78 is 52.3. The highest BCUT2D eigenvalue weighted by Gasteiger charge is 2.42. The van der Waals surface area contributed by atoms with E-state index < -0.39 is 31.9 Å². The van der Waals surface area contributed by atoms with Crippen LogP contribution in [0.15, 0.2) is 41.6 Å². The van der Waals surface area contributed by atoms with Gasteiger partial charge in [-0.15, -0.1) is 0 Å². The molecule has 1 saturated heterocycles. The molecule has 1 fully saturated rings. The van der Waals surface area contributed by atoms with Gasteiger partial charge in [-0.3, -0.25) is 4.79 Å². The van der Waals surface area contributed by atoms with Crippen LogP contribution < -0.4 is 9.03 Å². The molecular weight excluding hydrogens is 380 g/mol. The van der Waals surface area contributed by atoms with Crippen molar-refractivity contribution in [3.8, 4) is 0 Å². The predicted molar refractivity (Wildman–Crippen MR) is 94.5 cm³/mol. The quantitative estimate of drug-likeness (QED) is 0.813. The van der Waals surface area contributed by atoms with E-state index in [1.165, 1.54) is 44.4 Å². The summed E-state index contributed by atoms with van der Waals surface area (Å²) in [4.78, 5) is 19.7. The maximum Gasteiger partial charge on any atom is 0.264 e. The van der Waals surface area contributed by atoms with Crippen LogP contribution in [0.2, 0.25) is 0 Å². The summed E-state index contributed by atoms with van der Waals surface area (Å²) in [5.74, 6) is -1.52. The second-order valence-electron chi connectivity index (χ2n) is 5.91. The van der Waals surface area contributed by atoms with E-state index >= 15 is 0 Å². The minimum Gasteiger partial charge on any atom is -0.273 e. The highest BCUT2D eigenvalue weighted by atomic mass is 32.2. The molecular formula is C15H16N4O5S2. The zero-order valence-corrected chi connectivity index (χ0v) is 15.6. The van der Waals surface area contributed by atoms with Gasteiger partial charge in [-0.1, -0.05) is 6.92 Å². The minimum absolute atomic E-state index is 0.0641. The molecule has 0 spiro atoms. The van der Waals surface area contributed by atoms with E-state index in [0.29, 0.717) is 0 Å². The number of aromatic nitrogens is 2. The van der Waals surface area contributed by atoms with Gasteiger partial charge >= 0.3 is 0 Å². The summed E-state index contributed by atoms with van der Waals surface area (Å²) in [6, 6.07) is 5.45. The average molecular weight is 396 g/mol. The van der Waals surface area contributed by atoms with Gasteiger partial charge in [0.05, 0.1) is 22.3 Å². The lowest BCUT2D eigenvalue weighted by atomic mass is 10.2. The molecule has 138 valence electrons. The molecule has 9 nitrogen and oxygen atoms in total. The van der Waals surface area contributed by atoms with Gasteiger partial charge in [0.2, 0.25) is 21.9 Å². The number of amides is 1. The Kier molecular flexibility index (Phi) is 4.44. The van der Waals surface area contributed by atoms with E-state index in [2.05, 4.69) is 14.7 Å². The summed E-state index contributed by atoms with van der Waals surface area (Å²) in [5.41, 5.74) is 0.403. The van der Waals surface area contributed by atoms with Gasteiger partial charge in [-0.05, 0) is 36.8 Å². The Morgan fingerprint density at radius 3 is 2.42 bits per heavy atom. The van der Waals surface area contributed by atoms with Crippen molar-refractivity contribution in [1.29, 1.82) is 0 Å². The number of hydrogen-bond acceptors (Lipinski definition) is 7. The first-order valence-electron chi connectivity index (χ1n) is 7.59. The molecule has 0 radical (unpaired) electrons. The maximum absolute atomic E-state index is 12.5. The lowest BCUT2D eigenvalue weighted by Gasteiger charge is -2.17. The number of carbonyl (C=O) groups is 1. The van der Waals surface area contributed by atoms with Crippen molar-refractivity contribution >= 4 is 37.6 Å². The van der Waals surface area contributed by atoms with Crippen LogP contribution in [0.3, 0.4) is 0 Å². The second kappa shape index (κ2) is 6.32. The molecule has 1 aromatic heterocycles. The van der Waals surface area contributed by atoms with Crippen molar-refractivity contribution < 1.29 is 21.6 Å². The molecule has 3 rings (SSSR count). The largest absolute Gasteiger partial charge is 0.273 e. The third-order valence-corrected chi connectivity index (χ3v) is 7.19. The number of carbonyl (C=O) groups excluding carboxylic acids is 1. The lowest BCUT2D eigenvalue weighted by Crippen LogP contribution is -2.30. The molecule has 0 saturated carbocycles. The number of nitrogens with zero attached hydrogens (tertiary/aromatic N) is 3. The summed E-state index contributed by atoms with van der Waals surface area (Å²) in [6.45, 7) is 3.05. The molecule has 0 bridgehead atoms. The Balaban J connectivity index is 1.97. The van der Waals surface area contributed by atoms with Gasteiger partial charge in [-0.2, -0.15) is 0 Å². The smallest absolute Gasteiger partial charge is 0.264 e. The Bertz CT molecular complexity index is 1070. The van der Waals surface area contributed by atoms with E-state index in [4.69, 9.17) is 0 Å². The van der Waals surface area contributed by atoms with Gasteiger partial charge in [0.15, 0.2) is 0 Å². The van der Waals surface area contributed by atoms with Gasteiger partial charge < -0.3 is 0 Å². The maximum atomic E-state index is 12.5. The molecule has 1 aromatic carbocycles. The third-order valence-electron chi connectivity index (χ3n) is 3.83. The van der Waals surface area contributed by atoms with Crippen LogP contribution in [0.25, 0.3) is 0 Å². The normalized spacial score (nSPS) is 19.5. The fourth-order valence-electron chi connectivity index (χ4n) is 2.68. The number of hydrogen-bond donors (Lipinski definition) is 1. The molecule has 1 N–H and O–H groups in total. The van der Waals surface area contributed by atoms with Crippen LogP contribution in [-0.2, 0) is 24.8 Å². The van der Waals surface area contributed by atoms with Crippen molar-refractivity contribution in [1.82, 2.24) is 9.97 Å². The first kappa shape index (κ1) is 18.3. The fraction of sp³-hybridized carbons (Fsp3) is 0.267. The molecule has 11 heteroatoms. The molecule has 0 aliphatic carbocycles. The Morgan fingerprint density at radius 2 is 1.88 bits per heavy atom. The third kappa shape index (κ3) is 3.27. The van der Waals surface area contributed by atoms with Crippen LogP contribution >= 0.6 is 0 Å². The number of nitrogens with one attached hydrogen (secondary N) is 1. The van der Waals surface area contributed by atoms with Crippen LogP contribution in [0.4, 0.5) is 11.6 Å². The summed E-state index contributed by atoms with van der Waals surface area (Å²) in [7, 11) is -7.72. The number of sulfonamides is 2. The summed E-state index contributed by atoms with van der Waals surface area (Å²) >= 11 is 0. The first-order valence-corrected chi connectivity index (χ1v) is 10.7. The number of benzene rings is 1. The monoisotopic (exact) mass is 396 g/mol. The fourth-order valence-corrected chi connectivity index (χ4v) is 5.67. The Hall–Kier alpha value is -2.53. The van der Waals surface area contributed by atoms with Crippen molar-refractivity contribution in [3.63, 3.8) is 0 Å². The van der Waals surface area contributed by atoms with E-state index in [-0.39, 0.29) is 27.8 Å².